The van der Waals surface area contributed by atoms with Gasteiger partial charge in [-0.2, -0.15) is 0 Å². The van der Waals surface area contributed by atoms with Crippen LogP contribution in [-0.2, 0) is 4.74 Å². The molecular weight excluding hydrogens is 221 g/mol. The van der Waals surface area contributed by atoms with Gasteiger partial charge in [0, 0.05) is 0 Å². The molecule has 0 atom stereocenters. The van der Waals surface area contributed by atoms with Gasteiger partial charge in [0.25, 0.3) is 0 Å². The van der Waals surface area contributed by atoms with E-state index in [-0.39, 0.29) is 5.75 Å². The van der Waals surface area contributed by atoms with E-state index in [2.05, 4.69) is 4.74 Å². The molecule has 5 heteroatoms. The molecule has 0 unspecified atom stereocenters. The summed E-state index contributed by atoms with van der Waals surface area (Å²) in [6.07, 6.45) is -2.95. The highest BCUT2D eigenvalue weighted by Gasteiger charge is 2.30. The Kier molecular flexibility index (Phi) is 3.82. The molecule has 0 saturated carbocycles. The number of allylic oxidation sites excluding steroid dienone is 1. The van der Waals surface area contributed by atoms with Crippen LogP contribution in [0.5, 0.6) is 5.75 Å². The molecule has 0 aliphatic heterocycles. The van der Waals surface area contributed by atoms with Crippen molar-refractivity contribution in [1.29, 1.82) is 0 Å². The number of alkyl halides is 3. The zero-order valence-electron chi connectivity index (χ0n) is 8.84. The highest BCUT2D eigenvalue weighted by molar-refractivity contribution is 5.52. The monoisotopic (exact) mass is 232 g/mol. The van der Waals surface area contributed by atoms with Crippen molar-refractivity contribution in [3.63, 3.8) is 0 Å². The van der Waals surface area contributed by atoms with E-state index in [1.165, 1.54) is 31.4 Å². The smallest absolute Gasteiger partial charge is 0.501 e. The predicted molar refractivity (Wildman–Crippen MR) is 53.8 cm³/mol. The Morgan fingerprint density at radius 3 is 2.19 bits per heavy atom. The first-order chi connectivity index (χ1) is 7.40. The van der Waals surface area contributed by atoms with Crippen LogP contribution in [0.25, 0.3) is 6.08 Å². The van der Waals surface area contributed by atoms with Crippen LogP contribution in [0.4, 0.5) is 13.2 Å². The zero-order chi connectivity index (χ0) is 12.2. The quantitative estimate of drug-likeness (QED) is 0.741. The van der Waals surface area contributed by atoms with Crippen LogP contribution in [0, 0.1) is 0 Å². The molecular formula is C11H11F3O2. The van der Waals surface area contributed by atoms with Crippen molar-refractivity contribution >= 4 is 6.08 Å². The van der Waals surface area contributed by atoms with E-state index in [0.717, 1.165) is 5.56 Å². The summed E-state index contributed by atoms with van der Waals surface area (Å²) in [7, 11) is 1.52. The SMILES string of the molecule is COC(C)=Cc1ccc(OC(F)(F)F)cc1. The lowest BCUT2D eigenvalue weighted by Gasteiger charge is -2.08. The average Bonchev–Trinajstić information content (AvgIpc) is 2.18. The van der Waals surface area contributed by atoms with Crippen LogP contribution in [0.2, 0.25) is 0 Å². The molecule has 0 radical (unpaired) electrons. The molecule has 0 N–H and O–H groups in total. The Bertz CT molecular complexity index is 366. The van der Waals surface area contributed by atoms with Crippen molar-refractivity contribution in [2.24, 2.45) is 0 Å². The molecule has 0 bridgehead atoms. The molecule has 0 aliphatic rings. The van der Waals surface area contributed by atoms with Gasteiger partial charge in [0.15, 0.2) is 0 Å². The minimum Gasteiger partial charge on any atom is -0.501 e. The van der Waals surface area contributed by atoms with Crippen molar-refractivity contribution in [3.8, 4) is 5.75 Å². The van der Waals surface area contributed by atoms with Crippen LogP contribution in [0.3, 0.4) is 0 Å². The first kappa shape index (κ1) is 12.4. The molecule has 0 spiro atoms. The number of benzene rings is 1. The minimum atomic E-state index is -4.65. The zero-order valence-corrected chi connectivity index (χ0v) is 8.84. The summed E-state index contributed by atoms with van der Waals surface area (Å²) < 4.78 is 44.2. The lowest BCUT2D eigenvalue weighted by molar-refractivity contribution is -0.274. The van der Waals surface area contributed by atoms with E-state index in [9.17, 15) is 13.2 Å². The molecule has 88 valence electrons. The summed E-state index contributed by atoms with van der Waals surface area (Å²) in [6, 6.07) is 5.54. The molecule has 0 aromatic heterocycles. The molecule has 0 aliphatic carbocycles. The largest absolute Gasteiger partial charge is 0.573 e. The van der Waals surface area contributed by atoms with E-state index >= 15 is 0 Å². The molecule has 1 aromatic carbocycles. The molecule has 0 heterocycles. The lowest BCUT2D eigenvalue weighted by Crippen LogP contribution is -2.16. The van der Waals surface area contributed by atoms with E-state index < -0.39 is 6.36 Å². The van der Waals surface area contributed by atoms with E-state index in [1.54, 1.807) is 13.0 Å². The third kappa shape index (κ3) is 4.25. The number of hydrogen-bond donors (Lipinski definition) is 0. The summed E-state index contributed by atoms with van der Waals surface area (Å²) in [5.41, 5.74) is 0.744. The van der Waals surface area contributed by atoms with Crippen LogP contribution < -0.4 is 4.74 Å². The van der Waals surface area contributed by atoms with Gasteiger partial charge in [0.05, 0.1) is 12.9 Å². The molecule has 2 nitrogen and oxygen atoms in total. The van der Waals surface area contributed by atoms with Crippen molar-refractivity contribution in [2.45, 2.75) is 13.3 Å². The second-order valence-electron chi connectivity index (χ2n) is 3.08. The maximum atomic E-state index is 11.9. The Labute approximate surface area is 91.3 Å². The van der Waals surface area contributed by atoms with Crippen molar-refractivity contribution in [3.05, 3.63) is 35.6 Å². The maximum absolute atomic E-state index is 11.9. The average molecular weight is 232 g/mol. The topological polar surface area (TPSA) is 18.5 Å². The standard InChI is InChI=1S/C11H11F3O2/c1-8(15-2)7-9-3-5-10(6-4-9)16-11(12,13)14/h3-7H,1-2H3. The second kappa shape index (κ2) is 4.92. The van der Waals surface area contributed by atoms with Gasteiger partial charge in [-0.1, -0.05) is 12.1 Å². The fourth-order valence-corrected chi connectivity index (χ4v) is 1.06. The lowest BCUT2D eigenvalue weighted by atomic mass is 10.2. The van der Waals surface area contributed by atoms with Gasteiger partial charge in [-0.05, 0) is 30.7 Å². The third-order valence-electron chi connectivity index (χ3n) is 1.81. The number of ether oxygens (including phenoxy) is 2. The highest BCUT2D eigenvalue weighted by Crippen LogP contribution is 2.23. The Morgan fingerprint density at radius 2 is 1.75 bits per heavy atom. The van der Waals surface area contributed by atoms with Crippen molar-refractivity contribution < 1.29 is 22.6 Å². The molecule has 16 heavy (non-hydrogen) atoms. The van der Waals surface area contributed by atoms with Gasteiger partial charge in [0.1, 0.15) is 5.75 Å². The molecule has 1 rings (SSSR count). The van der Waals surface area contributed by atoms with E-state index in [1.807, 2.05) is 0 Å². The molecule has 0 saturated heterocycles. The maximum Gasteiger partial charge on any atom is 0.573 e. The summed E-state index contributed by atoms with van der Waals surface area (Å²) in [4.78, 5) is 0. The Hall–Kier alpha value is -1.65. The summed E-state index contributed by atoms with van der Waals surface area (Å²) in [5.74, 6) is 0.434. The van der Waals surface area contributed by atoms with E-state index in [0.29, 0.717) is 5.76 Å². The normalized spacial score (nSPS) is 12.4. The molecule has 1 aromatic rings. The van der Waals surface area contributed by atoms with Gasteiger partial charge in [-0.3, -0.25) is 0 Å². The van der Waals surface area contributed by atoms with Gasteiger partial charge in [0.2, 0.25) is 0 Å². The fourth-order valence-electron chi connectivity index (χ4n) is 1.06. The fraction of sp³-hybridized carbons (Fsp3) is 0.273. The van der Waals surface area contributed by atoms with Gasteiger partial charge < -0.3 is 9.47 Å². The summed E-state index contributed by atoms with van der Waals surface area (Å²) in [5, 5.41) is 0. The minimum absolute atomic E-state index is 0.236. The predicted octanol–water partition coefficient (Wildman–Crippen LogP) is 3.59. The van der Waals surface area contributed by atoms with Gasteiger partial charge in [-0.25, -0.2) is 0 Å². The first-order valence-electron chi connectivity index (χ1n) is 4.49. The number of methoxy groups -OCH3 is 1. The summed E-state index contributed by atoms with van der Waals surface area (Å²) in [6.45, 7) is 1.75. The Balaban J connectivity index is 2.76. The molecule has 0 fully saturated rings. The van der Waals surface area contributed by atoms with E-state index in [4.69, 9.17) is 4.74 Å². The van der Waals surface area contributed by atoms with Gasteiger partial charge >= 0.3 is 6.36 Å². The highest BCUT2D eigenvalue weighted by atomic mass is 19.4. The van der Waals surface area contributed by atoms with Crippen LogP contribution in [-0.4, -0.2) is 13.5 Å². The third-order valence-corrected chi connectivity index (χ3v) is 1.81. The Morgan fingerprint density at radius 1 is 1.19 bits per heavy atom. The second-order valence-corrected chi connectivity index (χ2v) is 3.08. The van der Waals surface area contributed by atoms with Crippen LogP contribution >= 0.6 is 0 Å². The number of halogens is 3. The number of rotatable bonds is 3. The van der Waals surface area contributed by atoms with Crippen LogP contribution in [0.15, 0.2) is 30.0 Å². The van der Waals surface area contributed by atoms with Crippen molar-refractivity contribution in [2.75, 3.05) is 7.11 Å². The first-order valence-corrected chi connectivity index (χ1v) is 4.49. The summed E-state index contributed by atoms with van der Waals surface area (Å²) >= 11 is 0. The molecule has 0 amide bonds. The van der Waals surface area contributed by atoms with Crippen LogP contribution in [0.1, 0.15) is 12.5 Å². The van der Waals surface area contributed by atoms with Gasteiger partial charge in [-0.15, -0.1) is 13.2 Å². The number of hydrogen-bond acceptors (Lipinski definition) is 2. The van der Waals surface area contributed by atoms with Crippen molar-refractivity contribution in [1.82, 2.24) is 0 Å².